The van der Waals surface area contributed by atoms with Gasteiger partial charge in [0.2, 0.25) is 0 Å². The van der Waals surface area contributed by atoms with Crippen LogP contribution in [0.1, 0.15) is 38.8 Å². The van der Waals surface area contributed by atoms with Crippen molar-refractivity contribution in [3.8, 4) is 0 Å². The van der Waals surface area contributed by atoms with E-state index in [-0.39, 0.29) is 23.7 Å². The SMILES string of the molecule is C=C1C=C(/C=C\C)C(CN2Cc3ccccc3C2=O)C1CN1Cc2ccccc2C1=O. The topological polar surface area (TPSA) is 40.6 Å². The Morgan fingerprint density at radius 1 is 0.871 bits per heavy atom. The smallest absolute Gasteiger partial charge is 0.254 e. The largest absolute Gasteiger partial charge is 0.334 e. The fourth-order valence-corrected chi connectivity index (χ4v) is 5.16. The van der Waals surface area contributed by atoms with Gasteiger partial charge >= 0.3 is 0 Å². The summed E-state index contributed by atoms with van der Waals surface area (Å²) in [5.41, 5.74) is 5.99. The Labute approximate surface area is 183 Å². The van der Waals surface area contributed by atoms with Crippen LogP contribution >= 0.6 is 0 Å². The van der Waals surface area contributed by atoms with Crippen LogP contribution in [0.25, 0.3) is 0 Å². The molecule has 31 heavy (non-hydrogen) atoms. The molecule has 5 rings (SSSR count). The molecule has 2 aliphatic heterocycles. The van der Waals surface area contributed by atoms with Gasteiger partial charge in [-0.1, -0.05) is 61.2 Å². The van der Waals surface area contributed by atoms with Gasteiger partial charge in [-0.3, -0.25) is 9.59 Å². The average Bonchev–Trinajstić information content (AvgIpc) is 3.37. The minimum atomic E-state index is 0.0892. The van der Waals surface area contributed by atoms with Gasteiger partial charge in [-0.05, 0) is 41.3 Å². The molecule has 3 aliphatic rings. The fourth-order valence-electron chi connectivity index (χ4n) is 5.16. The van der Waals surface area contributed by atoms with Gasteiger partial charge in [-0.15, -0.1) is 0 Å². The number of carbonyl (C=O) groups excluding carboxylic acids is 2. The second-order valence-electron chi connectivity index (χ2n) is 8.62. The third kappa shape index (κ3) is 3.32. The van der Waals surface area contributed by atoms with Crippen molar-refractivity contribution in [2.24, 2.45) is 11.8 Å². The molecule has 2 amide bonds. The van der Waals surface area contributed by atoms with Crippen LogP contribution in [0.2, 0.25) is 0 Å². The predicted molar refractivity (Wildman–Crippen MR) is 121 cm³/mol. The van der Waals surface area contributed by atoms with E-state index in [1.807, 2.05) is 71.3 Å². The van der Waals surface area contributed by atoms with E-state index in [2.05, 4.69) is 18.7 Å². The molecule has 156 valence electrons. The molecule has 1 aliphatic carbocycles. The van der Waals surface area contributed by atoms with Gasteiger partial charge in [0.05, 0.1) is 0 Å². The molecule has 0 radical (unpaired) electrons. The Morgan fingerprint density at radius 2 is 1.39 bits per heavy atom. The highest BCUT2D eigenvalue weighted by atomic mass is 16.2. The lowest BCUT2D eigenvalue weighted by atomic mass is 9.88. The molecule has 0 bridgehead atoms. The lowest BCUT2D eigenvalue weighted by Gasteiger charge is -2.30. The van der Waals surface area contributed by atoms with Crippen LogP contribution in [-0.4, -0.2) is 34.7 Å². The number of hydrogen-bond acceptors (Lipinski definition) is 2. The zero-order valence-corrected chi connectivity index (χ0v) is 17.8. The quantitative estimate of drug-likeness (QED) is 0.723. The second kappa shape index (κ2) is 7.69. The monoisotopic (exact) mass is 410 g/mol. The van der Waals surface area contributed by atoms with E-state index < -0.39 is 0 Å². The summed E-state index contributed by atoms with van der Waals surface area (Å²) in [6.45, 7) is 8.84. The minimum Gasteiger partial charge on any atom is -0.334 e. The van der Waals surface area contributed by atoms with Gasteiger partial charge in [0.15, 0.2) is 0 Å². The third-order valence-corrected chi connectivity index (χ3v) is 6.73. The summed E-state index contributed by atoms with van der Waals surface area (Å²) in [5, 5.41) is 0. The minimum absolute atomic E-state index is 0.0892. The van der Waals surface area contributed by atoms with Crippen LogP contribution in [0.15, 0.2) is 84.5 Å². The van der Waals surface area contributed by atoms with Gasteiger partial charge < -0.3 is 9.80 Å². The van der Waals surface area contributed by atoms with E-state index in [0.717, 1.165) is 27.8 Å². The van der Waals surface area contributed by atoms with E-state index >= 15 is 0 Å². The first-order valence-electron chi connectivity index (χ1n) is 10.8. The summed E-state index contributed by atoms with van der Waals surface area (Å²) in [5.74, 6) is 0.405. The Kier molecular flexibility index (Phi) is 4.85. The van der Waals surface area contributed by atoms with E-state index in [9.17, 15) is 9.59 Å². The highest BCUT2D eigenvalue weighted by Crippen LogP contribution is 2.39. The summed E-state index contributed by atoms with van der Waals surface area (Å²) < 4.78 is 0. The van der Waals surface area contributed by atoms with E-state index in [4.69, 9.17) is 0 Å². The summed E-state index contributed by atoms with van der Waals surface area (Å²) in [6, 6.07) is 15.7. The summed E-state index contributed by atoms with van der Waals surface area (Å²) in [6.07, 6.45) is 6.28. The van der Waals surface area contributed by atoms with Crippen LogP contribution in [0, 0.1) is 11.8 Å². The number of rotatable bonds is 5. The van der Waals surface area contributed by atoms with Gasteiger partial charge in [-0.25, -0.2) is 0 Å². The molecule has 0 aromatic heterocycles. The van der Waals surface area contributed by atoms with Crippen molar-refractivity contribution in [3.05, 3.63) is 107 Å². The van der Waals surface area contributed by atoms with Crippen LogP contribution in [-0.2, 0) is 13.1 Å². The number of benzene rings is 2. The number of amides is 2. The number of carbonyl (C=O) groups is 2. The second-order valence-corrected chi connectivity index (χ2v) is 8.62. The molecule has 4 heteroatoms. The van der Waals surface area contributed by atoms with Crippen molar-refractivity contribution in [1.29, 1.82) is 0 Å². The van der Waals surface area contributed by atoms with Gasteiger partial charge in [-0.2, -0.15) is 0 Å². The van der Waals surface area contributed by atoms with Crippen LogP contribution in [0.5, 0.6) is 0 Å². The molecule has 0 N–H and O–H groups in total. The number of fused-ring (bicyclic) bond motifs is 2. The predicted octanol–water partition coefficient (Wildman–Crippen LogP) is 4.60. The Bertz CT molecular complexity index is 1140. The molecule has 4 nitrogen and oxygen atoms in total. The molecule has 0 spiro atoms. The molecular formula is C27H26N2O2. The summed E-state index contributed by atoms with van der Waals surface area (Å²) >= 11 is 0. The standard InChI is InChI=1S/C27H26N2O2/c1-3-8-19-13-18(2)24(16-28-14-20-9-4-6-11-22(20)26(28)30)25(19)17-29-15-21-10-5-7-12-23(21)27(29)31/h3-13,24-25H,2,14-17H2,1H3/b8-3-. The van der Waals surface area contributed by atoms with Gasteiger partial charge in [0, 0.05) is 49.1 Å². The molecule has 0 saturated carbocycles. The maximum absolute atomic E-state index is 13.0. The van der Waals surface area contributed by atoms with Crippen LogP contribution in [0.3, 0.4) is 0 Å². The molecular weight excluding hydrogens is 384 g/mol. The van der Waals surface area contributed by atoms with E-state index in [1.54, 1.807) is 0 Å². The normalized spacial score (nSPS) is 22.5. The van der Waals surface area contributed by atoms with Gasteiger partial charge in [0.25, 0.3) is 11.8 Å². The Balaban J connectivity index is 1.38. The van der Waals surface area contributed by atoms with Crippen molar-refractivity contribution in [2.75, 3.05) is 13.1 Å². The highest BCUT2D eigenvalue weighted by Gasteiger charge is 2.39. The first-order valence-corrected chi connectivity index (χ1v) is 10.8. The summed E-state index contributed by atoms with van der Waals surface area (Å²) in [7, 11) is 0. The number of hydrogen-bond donors (Lipinski definition) is 0. The fraction of sp³-hybridized carbons (Fsp3) is 0.259. The van der Waals surface area contributed by atoms with Crippen molar-refractivity contribution < 1.29 is 9.59 Å². The lowest BCUT2D eigenvalue weighted by Crippen LogP contribution is -2.38. The molecule has 2 aromatic rings. The lowest BCUT2D eigenvalue weighted by molar-refractivity contribution is 0.0700. The van der Waals surface area contributed by atoms with Crippen LogP contribution < -0.4 is 0 Å². The Morgan fingerprint density at radius 3 is 1.90 bits per heavy atom. The van der Waals surface area contributed by atoms with Crippen LogP contribution in [0.4, 0.5) is 0 Å². The molecule has 0 saturated heterocycles. The molecule has 2 aromatic carbocycles. The molecule has 2 unspecified atom stereocenters. The average molecular weight is 411 g/mol. The number of nitrogens with zero attached hydrogens (tertiary/aromatic N) is 2. The third-order valence-electron chi connectivity index (χ3n) is 6.73. The zero-order valence-electron chi connectivity index (χ0n) is 17.8. The van der Waals surface area contributed by atoms with E-state index in [0.29, 0.717) is 26.2 Å². The van der Waals surface area contributed by atoms with Crippen molar-refractivity contribution in [1.82, 2.24) is 9.80 Å². The van der Waals surface area contributed by atoms with Crippen molar-refractivity contribution >= 4 is 11.8 Å². The maximum Gasteiger partial charge on any atom is 0.254 e. The van der Waals surface area contributed by atoms with Crippen molar-refractivity contribution in [3.63, 3.8) is 0 Å². The van der Waals surface area contributed by atoms with Gasteiger partial charge in [0.1, 0.15) is 0 Å². The Hall–Kier alpha value is -3.40. The maximum atomic E-state index is 13.0. The molecule has 2 heterocycles. The molecule has 2 atom stereocenters. The highest BCUT2D eigenvalue weighted by molar-refractivity contribution is 5.99. The van der Waals surface area contributed by atoms with Crippen molar-refractivity contribution in [2.45, 2.75) is 20.0 Å². The summed E-state index contributed by atoms with van der Waals surface area (Å²) in [4.78, 5) is 29.8. The number of allylic oxidation sites excluding steroid dienone is 3. The van der Waals surface area contributed by atoms with E-state index in [1.165, 1.54) is 5.57 Å². The zero-order chi connectivity index (χ0) is 21.5. The molecule has 0 fully saturated rings. The first-order chi connectivity index (χ1) is 15.1. The first kappa shape index (κ1) is 19.6.